The highest BCUT2D eigenvalue weighted by Crippen LogP contribution is 2.41. The molecule has 88 valence electrons. The zero-order valence-corrected chi connectivity index (χ0v) is 10.5. The minimum absolute atomic E-state index is 0.0883. The molecule has 0 aromatic heterocycles. The first-order valence-electron chi connectivity index (χ1n) is 5.14. The summed E-state index contributed by atoms with van der Waals surface area (Å²) in [5, 5.41) is 22.4. The highest BCUT2D eigenvalue weighted by Gasteiger charge is 2.23. The summed E-state index contributed by atoms with van der Waals surface area (Å²) < 4.78 is 6.15. The summed E-state index contributed by atoms with van der Waals surface area (Å²) in [6.07, 6.45) is -0.0883. The van der Waals surface area contributed by atoms with E-state index in [1.165, 1.54) is 0 Å². The summed E-state index contributed by atoms with van der Waals surface area (Å²) in [4.78, 5) is 0. The van der Waals surface area contributed by atoms with Crippen LogP contribution in [0.15, 0.2) is 10.5 Å². The number of phenols is 2. The second-order valence-electron chi connectivity index (χ2n) is 3.85. The molecule has 1 heterocycles. The number of morpholine rings is 1. The highest BCUT2D eigenvalue weighted by molar-refractivity contribution is 9.10. The van der Waals surface area contributed by atoms with Crippen LogP contribution in [0.25, 0.3) is 0 Å². The average molecular weight is 288 g/mol. The van der Waals surface area contributed by atoms with Crippen molar-refractivity contribution < 1.29 is 14.9 Å². The fourth-order valence-corrected chi connectivity index (χ4v) is 2.68. The predicted molar refractivity (Wildman–Crippen MR) is 63.8 cm³/mol. The summed E-state index contributed by atoms with van der Waals surface area (Å²) in [6, 6.07) is 1.55. The van der Waals surface area contributed by atoms with Crippen LogP contribution in [0.2, 0.25) is 0 Å². The van der Waals surface area contributed by atoms with E-state index >= 15 is 0 Å². The smallest absolute Gasteiger partial charge is 0.172 e. The number of rotatable bonds is 1. The van der Waals surface area contributed by atoms with Crippen molar-refractivity contribution in [3.05, 3.63) is 21.7 Å². The summed E-state index contributed by atoms with van der Waals surface area (Å²) in [5.74, 6) is -0.244. The number of benzene rings is 1. The monoisotopic (exact) mass is 287 g/mol. The molecule has 0 amide bonds. The number of nitrogens with one attached hydrogen (secondary N) is 1. The molecule has 4 nitrogen and oxygen atoms in total. The third-order valence-corrected chi connectivity index (χ3v) is 3.52. The molecule has 1 fully saturated rings. The largest absolute Gasteiger partial charge is 0.504 e. The fourth-order valence-electron chi connectivity index (χ4n) is 1.91. The molecule has 1 unspecified atom stereocenters. The van der Waals surface area contributed by atoms with E-state index in [4.69, 9.17) is 4.74 Å². The van der Waals surface area contributed by atoms with Gasteiger partial charge in [0.1, 0.15) is 0 Å². The van der Waals surface area contributed by atoms with Gasteiger partial charge in [0.2, 0.25) is 0 Å². The number of hydrogen-bond donors (Lipinski definition) is 3. The molecule has 1 saturated heterocycles. The SMILES string of the molecule is Cc1cc(O)c(O)c(Br)c1C1CNCCO1. The van der Waals surface area contributed by atoms with Crippen LogP contribution in [0, 0.1) is 6.92 Å². The van der Waals surface area contributed by atoms with Gasteiger partial charge in [-0.05, 0) is 34.5 Å². The highest BCUT2D eigenvalue weighted by atomic mass is 79.9. The van der Waals surface area contributed by atoms with Crippen molar-refractivity contribution in [2.75, 3.05) is 19.7 Å². The molecule has 1 atom stereocenters. The number of ether oxygens (including phenoxy) is 1. The van der Waals surface area contributed by atoms with Gasteiger partial charge < -0.3 is 20.3 Å². The number of phenolic OH excluding ortho intramolecular Hbond substituents is 2. The van der Waals surface area contributed by atoms with Gasteiger partial charge in [0.25, 0.3) is 0 Å². The van der Waals surface area contributed by atoms with Gasteiger partial charge in [0, 0.05) is 18.7 Å². The molecule has 5 heteroatoms. The normalized spacial score (nSPS) is 21.0. The molecule has 1 aromatic rings. The van der Waals surface area contributed by atoms with Crippen molar-refractivity contribution >= 4 is 15.9 Å². The third-order valence-electron chi connectivity index (χ3n) is 2.71. The second kappa shape index (κ2) is 4.61. The summed E-state index contributed by atoms with van der Waals surface area (Å²) in [5.41, 5.74) is 1.79. The van der Waals surface area contributed by atoms with Gasteiger partial charge in [-0.2, -0.15) is 0 Å². The molecule has 2 rings (SSSR count). The van der Waals surface area contributed by atoms with Crippen molar-refractivity contribution in [1.82, 2.24) is 5.32 Å². The van der Waals surface area contributed by atoms with Crippen LogP contribution in [0.4, 0.5) is 0 Å². The van der Waals surface area contributed by atoms with E-state index in [9.17, 15) is 10.2 Å². The Labute approximate surface area is 102 Å². The molecule has 1 aliphatic rings. The molecule has 1 aliphatic heterocycles. The topological polar surface area (TPSA) is 61.7 Å². The zero-order valence-electron chi connectivity index (χ0n) is 8.96. The maximum atomic E-state index is 9.67. The molecule has 0 bridgehead atoms. The van der Waals surface area contributed by atoms with Crippen LogP contribution in [0.1, 0.15) is 17.2 Å². The van der Waals surface area contributed by atoms with E-state index < -0.39 is 0 Å². The van der Waals surface area contributed by atoms with Crippen molar-refractivity contribution in [2.24, 2.45) is 0 Å². The minimum Gasteiger partial charge on any atom is -0.504 e. The van der Waals surface area contributed by atoms with Crippen LogP contribution < -0.4 is 5.32 Å². The lowest BCUT2D eigenvalue weighted by atomic mass is 10.0. The number of halogens is 1. The maximum Gasteiger partial charge on any atom is 0.172 e. The predicted octanol–water partition coefficient (Wildman–Crippen LogP) is 1.83. The lowest BCUT2D eigenvalue weighted by Gasteiger charge is -2.26. The molecule has 0 radical (unpaired) electrons. The fraction of sp³-hybridized carbons (Fsp3) is 0.455. The van der Waals surface area contributed by atoms with E-state index in [-0.39, 0.29) is 17.6 Å². The Morgan fingerprint density at radius 3 is 2.88 bits per heavy atom. The Morgan fingerprint density at radius 2 is 2.25 bits per heavy atom. The van der Waals surface area contributed by atoms with Crippen molar-refractivity contribution in [3.8, 4) is 11.5 Å². The lowest BCUT2D eigenvalue weighted by molar-refractivity contribution is 0.0267. The van der Waals surface area contributed by atoms with Crippen LogP contribution in [-0.4, -0.2) is 29.9 Å². The van der Waals surface area contributed by atoms with Gasteiger partial charge in [-0.15, -0.1) is 0 Å². The van der Waals surface area contributed by atoms with Crippen molar-refractivity contribution in [2.45, 2.75) is 13.0 Å². The van der Waals surface area contributed by atoms with Crippen LogP contribution in [0.3, 0.4) is 0 Å². The molecular weight excluding hydrogens is 274 g/mol. The summed E-state index contributed by atoms with van der Waals surface area (Å²) >= 11 is 3.30. The molecule has 0 saturated carbocycles. The van der Waals surface area contributed by atoms with Gasteiger partial charge in [-0.1, -0.05) is 0 Å². The molecule has 16 heavy (non-hydrogen) atoms. The lowest BCUT2D eigenvalue weighted by Crippen LogP contribution is -2.33. The van der Waals surface area contributed by atoms with Crippen molar-refractivity contribution in [1.29, 1.82) is 0 Å². The second-order valence-corrected chi connectivity index (χ2v) is 4.65. The number of aromatic hydroxyl groups is 2. The summed E-state index contributed by atoms with van der Waals surface area (Å²) in [6.45, 7) is 4.09. The Hall–Kier alpha value is -0.780. The van der Waals surface area contributed by atoms with Gasteiger partial charge in [0.05, 0.1) is 17.2 Å². The Bertz CT molecular complexity index is 403. The van der Waals surface area contributed by atoms with E-state index in [0.29, 0.717) is 17.6 Å². The molecule has 0 spiro atoms. The zero-order chi connectivity index (χ0) is 11.7. The first kappa shape index (κ1) is 11.7. The van der Waals surface area contributed by atoms with Gasteiger partial charge in [-0.3, -0.25) is 0 Å². The van der Waals surface area contributed by atoms with Crippen molar-refractivity contribution in [3.63, 3.8) is 0 Å². The van der Waals surface area contributed by atoms with Crippen LogP contribution >= 0.6 is 15.9 Å². The van der Waals surface area contributed by atoms with Crippen LogP contribution in [-0.2, 0) is 4.74 Å². The minimum atomic E-state index is -0.130. The van der Waals surface area contributed by atoms with Gasteiger partial charge in [-0.25, -0.2) is 0 Å². The van der Waals surface area contributed by atoms with Crippen LogP contribution in [0.5, 0.6) is 11.5 Å². The average Bonchev–Trinajstić information content (AvgIpc) is 2.28. The Morgan fingerprint density at radius 1 is 1.50 bits per heavy atom. The van der Waals surface area contributed by atoms with E-state index in [1.807, 2.05) is 6.92 Å². The van der Waals surface area contributed by atoms with E-state index in [0.717, 1.165) is 17.7 Å². The van der Waals surface area contributed by atoms with E-state index in [2.05, 4.69) is 21.2 Å². The summed E-state index contributed by atoms with van der Waals surface area (Å²) in [7, 11) is 0. The molecule has 0 aliphatic carbocycles. The maximum absolute atomic E-state index is 9.67. The molecule has 1 aromatic carbocycles. The van der Waals surface area contributed by atoms with E-state index in [1.54, 1.807) is 6.07 Å². The van der Waals surface area contributed by atoms with Gasteiger partial charge >= 0.3 is 0 Å². The Balaban J connectivity index is 2.42. The molecular formula is C11H14BrNO3. The number of aryl methyl sites for hydroxylation is 1. The van der Waals surface area contributed by atoms with Gasteiger partial charge in [0.15, 0.2) is 11.5 Å². The third kappa shape index (κ3) is 2.03. The number of hydrogen-bond acceptors (Lipinski definition) is 4. The quantitative estimate of drug-likeness (QED) is 0.690. The Kier molecular flexibility index (Phi) is 3.37. The first-order chi connectivity index (χ1) is 7.61. The molecule has 3 N–H and O–H groups in total. The first-order valence-corrected chi connectivity index (χ1v) is 5.93. The standard InChI is InChI=1S/C11H14BrNO3/c1-6-4-7(14)11(15)10(12)9(6)8-5-13-2-3-16-8/h4,8,13-15H,2-3,5H2,1H3.